The Labute approximate surface area is 153 Å². The lowest BCUT2D eigenvalue weighted by Gasteiger charge is -2.30. The lowest BCUT2D eigenvalue weighted by atomic mass is 9.79. The van der Waals surface area contributed by atoms with E-state index in [2.05, 4.69) is 5.32 Å². The number of carbonyl (C=O) groups excluding carboxylic acids is 2. The molecule has 1 aromatic carbocycles. The van der Waals surface area contributed by atoms with E-state index in [-0.39, 0.29) is 11.8 Å². The van der Waals surface area contributed by atoms with Gasteiger partial charge in [-0.05, 0) is 32.9 Å². The number of hydrogen-bond acceptors (Lipinski definition) is 5. The highest BCUT2D eigenvalue weighted by atomic mass is 35.5. The molecule has 6 heteroatoms. The SMILES string of the molecule is CCOC(=O)C1CNCCC1C(=O)C(=CCl)c1ccccc1OCC. The Morgan fingerprint density at radius 1 is 1.24 bits per heavy atom. The number of para-hydroxylation sites is 1. The van der Waals surface area contributed by atoms with Crippen molar-refractivity contribution in [3.8, 4) is 5.75 Å². The Balaban J connectivity index is 2.31. The number of halogens is 1. The second-order valence-electron chi connectivity index (χ2n) is 5.77. The lowest BCUT2D eigenvalue weighted by molar-refractivity contribution is -0.152. The normalized spacial score (nSPS) is 20.8. The molecule has 2 rings (SSSR count). The summed E-state index contributed by atoms with van der Waals surface area (Å²) in [6.07, 6.45) is 0.563. The zero-order chi connectivity index (χ0) is 18.2. The highest BCUT2D eigenvalue weighted by Crippen LogP contribution is 2.33. The van der Waals surface area contributed by atoms with Gasteiger partial charge in [0, 0.05) is 29.1 Å². The minimum atomic E-state index is -0.507. The summed E-state index contributed by atoms with van der Waals surface area (Å²) in [4.78, 5) is 25.4. The largest absolute Gasteiger partial charge is 0.493 e. The summed E-state index contributed by atoms with van der Waals surface area (Å²) in [5, 5.41) is 3.16. The maximum Gasteiger partial charge on any atom is 0.310 e. The molecule has 1 aliphatic heterocycles. The van der Waals surface area contributed by atoms with Crippen molar-refractivity contribution in [1.29, 1.82) is 0 Å². The quantitative estimate of drug-likeness (QED) is 0.594. The van der Waals surface area contributed by atoms with Crippen LogP contribution in [0.4, 0.5) is 0 Å². The summed E-state index contributed by atoms with van der Waals surface area (Å²) < 4.78 is 10.7. The van der Waals surface area contributed by atoms with E-state index in [0.717, 1.165) is 0 Å². The van der Waals surface area contributed by atoms with Crippen LogP contribution in [0.5, 0.6) is 5.75 Å². The van der Waals surface area contributed by atoms with Gasteiger partial charge in [-0.2, -0.15) is 0 Å². The fourth-order valence-corrected chi connectivity index (χ4v) is 3.31. The average Bonchev–Trinajstić information content (AvgIpc) is 2.64. The third-order valence-electron chi connectivity index (χ3n) is 4.26. The standard InChI is InChI=1S/C19H24ClNO4/c1-3-24-17-8-6-5-7-13(17)15(11-20)18(22)14-9-10-21-12-16(14)19(23)25-4-2/h5-8,11,14,16,21H,3-4,9-10,12H2,1-2H3. The van der Waals surface area contributed by atoms with Crippen molar-refractivity contribution in [2.45, 2.75) is 20.3 Å². The van der Waals surface area contributed by atoms with Crippen LogP contribution in [-0.4, -0.2) is 38.1 Å². The summed E-state index contributed by atoms with van der Waals surface area (Å²) in [6.45, 7) is 5.52. The maximum absolute atomic E-state index is 13.2. The number of hydrogen-bond donors (Lipinski definition) is 1. The number of rotatable bonds is 7. The van der Waals surface area contributed by atoms with Gasteiger partial charge in [-0.15, -0.1) is 0 Å². The van der Waals surface area contributed by atoms with Crippen LogP contribution in [0, 0.1) is 11.8 Å². The van der Waals surface area contributed by atoms with Gasteiger partial charge < -0.3 is 14.8 Å². The molecule has 0 aliphatic carbocycles. The van der Waals surface area contributed by atoms with Crippen molar-refractivity contribution in [3.63, 3.8) is 0 Å². The molecule has 0 saturated carbocycles. The summed E-state index contributed by atoms with van der Waals surface area (Å²) in [5.74, 6) is -0.860. The van der Waals surface area contributed by atoms with E-state index in [1.165, 1.54) is 5.54 Å². The van der Waals surface area contributed by atoms with Gasteiger partial charge in [0.05, 0.1) is 19.1 Å². The van der Waals surface area contributed by atoms with Gasteiger partial charge in [0.1, 0.15) is 5.75 Å². The van der Waals surface area contributed by atoms with Crippen LogP contribution in [0.2, 0.25) is 0 Å². The number of esters is 1. The van der Waals surface area contributed by atoms with Crippen molar-refractivity contribution >= 4 is 28.9 Å². The molecular formula is C19H24ClNO4. The van der Waals surface area contributed by atoms with E-state index in [4.69, 9.17) is 21.1 Å². The maximum atomic E-state index is 13.2. The highest BCUT2D eigenvalue weighted by Gasteiger charge is 2.38. The van der Waals surface area contributed by atoms with Crippen LogP contribution >= 0.6 is 11.6 Å². The molecule has 136 valence electrons. The first-order valence-corrected chi connectivity index (χ1v) is 9.01. The molecule has 0 radical (unpaired) electrons. The Bertz CT molecular complexity index is 644. The van der Waals surface area contributed by atoms with E-state index in [1.54, 1.807) is 19.1 Å². The van der Waals surface area contributed by atoms with Crippen LogP contribution in [0.25, 0.3) is 5.57 Å². The first-order valence-electron chi connectivity index (χ1n) is 8.58. The third-order valence-corrected chi connectivity index (χ3v) is 4.48. The first-order chi connectivity index (χ1) is 12.1. The van der Waals surface area contributed by atoms with E-state index in [1.807, 2.05) is 19.1 Å². The van der Waals surface area contributed by atoms with Gasteiger partial charge in [-0.1, -0.05) is 29.8 Å². The third kappa shape index (κ3) is 4.61. The van der Waals surface area contributed by atoms with Crippen molar-refractivity contribution in [2.75, 3.05) is 26.3 Å². The summed E-state index contributed by atoms with van der Waals surface area (Å²) in [5.41, 5.74) is 2.29. The smallest absolute Gasteiger partial charge is 0.310 e. The second kappa shape index (κ2) is 9.59. The molecule has 0 aromatic heterocycles. The van der Waals surface area contributed by atoms with Crippen molar-refractivity contribution < 1.29 is 19.1 Å². The Morgan fingerprint density at radius 2 is 2.00 bits per heavy atom. The number of Topliss-reactive ketones (excluding diaryl/α,β-unsaturated/α-hetero) is 1. The molecule has 1 aliphatic rings. The van der Waals surface area contributed by atoms with E-state index in [0.29, 0.717) is 49.6 Å². The van der Waals surface area contributed by atoms with Gasteiger partial charge in [0.15, 0.2) is 5.78 Å². The van der Waals surface area contributed by atoms with Crippen molar-refractivity contribution in [3.05, 3.63) is 35.4 Å². The summed E-state index contributed by atoms with van der Waals surface area (Å²) in [6, 6.07) is 7.28. The molecule has 1 N–H and O–H groups in total. The molecule has 0 bridgehead atoms. The second-order valence-corrected chi connectivity index (χ2v) is 5.99. The van der Waals surface area contributed by atoms with Gasteiger partial charge in [-0.25, -0.2) is 0 Å². The molecule has 1 saturated heterocycles. The van der Waals surface area contributed by atoms with E-state index in [9.17, 15) is 9.59 Å². The van der Waals surface area contributed by atoms with Gasteiger partial charge in [0.25, 0.3) is 0 Å². The van der Waals surface area contributed by atoms with E-state index < -0.39 is 11.8 Å². The van der Waals surface area contributed by atoms with Gasteiger partial charge in [0.2, 0.25) is 0 Å². The van der Waals surface area contributed by atoms with Crippen LogP contribution < -0.4 is 10.1 Å². The number of allylic oxidation sites excluding steroid dienone is 1. The van der Waals surface area contributed by atoms with Gasteiger partial charge in [-0.3, -0.25) is 9.59 Å². The highest BCUT2D eigenvalue weighted by molar-refractivity contribution is 6.36. The number of nitrogens with one attached hydrogen (secondary N) is 1. The molecule has 1 heterocycles. The lowest BCUT2D eigenvalue weighted by Crippen LogP contribution is -2.45. The summed E-state index contributed by atoms with van der Waals surface area (Å²) >= 11 is 6.01. The van der Waals surface area contributed by atoms with Crippen LogP contribution in [0.15, 0.2) is 29.8 Å². The molecular weight excluding hydrogens is 342 g/mol. The topological polar surface area (TPSA) is 64.6 Å². The predicted octanol–water partition coefficient (Wildman–Crippen LogP) is 3.02. The Kier molecular flexibility index (Phi) is 7.47. The monoisotopic (exact) mass is 365 g/mol. The first kappa shape index (κ1) is 19.5. The van der Waals surface area contributed by atoms with Crippen molar-refractivity contribution in [2.24, 2.45) is 11.8 Å². The molecule has 1 aromatic rings. The predicted molar refractivity (Wildman–Crippen MR) is 97.5 cm³/mol. The molecule has 2 atom stereocenters. The number of benzene rings is 1. The minimum absolute atomic E-state index is 0.151. The van der Waals surface area contributed by atoms with Crippen LogP contribution in [0.1, 0.15) is 25.8 Å². The molecule has 1 fully saturated rings. The average molecular weight is 366 g/mol. The Morgan fingerprint density at radius 3 is 2.68 bits per heavy atom. The number of ether oxygens (including phenoxy) is 2. The number of ketones is 1. The number of carbonyl (C=O) groups is 2. The fraction of sp³-hybridized carbons (Fsp3) is 0.474. The van der Waals surface area contributed by atoms with E-state index >= 15 is 0 Å². The molecule has 25 heavy (non-hydrogen) atoms. The van der Waals surface area contributed by atoms with Crippen LogP contribution in [-0.2, 0) is 14.3 Å². The molecule has 2 unspecified atom stereocenters. The fourth-order valence-electron chi connectivity index (χ4n) is 3.08. The van der Waals surface area contributed by atoms with Crippen molar-refractivity contribution in [1.82, 2.24) is 5.32 Å². The van der Waals surface area contributed by atoms with Crippen LogP contribution in [0.3, 0.4) is 0 Å². The zero-order valence-electron chi connectivity index (χ0n) is 14.6. The van der Waals surface area contributed by atoms with Gasteiger partial charge >= 0.3 is 5.97 Å². The zero-order valence-corrected chi connectivity index (χ0v) is 15.3. The minimum Gasteiger partial charge on any atom is -0.493 e. The molecule has 5 nitrogen and oxygen atoms in total. The molecule has 0 spiro atoms. The molecule has 0 amide bonds. The number of piperidine rings is 1. The summed E-state index contributed by atoms with van der Waals surface area (Å²) in [7, 11) is 0. The Hall–Kier alpha value is -1.85.